The zero-order chi connectivity index (χ0) is 33.5. The monoisotopic (exact) mass is 641 g/mol. The molecule has 0 saturated heterocycles. The number of nitrogens with zero attached hydrogens (tertiary/aromatic N) is 3. The van der Waals surface area contributed by atoms with E-state index in [4.69, 9.17) is 9.97 Å². The maximum atomic E-state index is 5.12. The maximum absolute atomic E-state index is 5.12. The van der Waals surface area contributed by atoms with Crippen LogP contribution in [0.25, 0.3) is 50.6 Å². The lowest BCUT2D eigenvalue weighted by Gasteiger charge is -2.36. The van der Waals surface area contributed by atoms with Crippen molar-refractivity contribution >= 4 is 5.57 Å². The normalized spacial score (nSPS) is 14.4. The molecule has 1 aliphatic heterocycles. The summed E-state index contributed by atoms with van der Waals surface area (Å²) in [6.45, 7) is 0.871. The summed E-state index contributed by atoms with van der Waals surface area (Å²) in [6.07, 6.45) is 4.56. The molecule has 0 N–H and O–H groups in total. The van der Waals surface area contributed by atoms with Crippen LogP contribution in [0.3, 0.4) is 0 Å². The first-order valence-corrected chi connectivity index (χ1v) is 17.2. The van der Waals surface area contributed by atoms with E-state index in [0.717, 1.165) is 46.0 Å². The van der Waals surface area contributed by atoms with Crippen molar-refractivity contribution in [2.24, 2.45) is 0 Å². The second-order valence-electron chi connectivity index (χ2n) is 13.1. The molecule has 1 aliphatic carbocycles. The van der Waals surface area contributed by atoms with E-state index in [1.807, 2.05) is 24.3 Å². The molecular weight excluding hydrogens is 607 g/mol. The van der Waals surface area contributed by atoms with E-state index in [2.05, 4.69) is 170 Å². The zero-order valence-corrected chi connectivity index (χ0v) is 27.9. The summed E-state index contributed by atoms with van der Waals surface area (Å²) < 4.78 is 0. The summed E-state index contributed by atoms with van der Waals surface area (Å²) in [5, 5.41) is 0. The van der Waals surface area contributed by atoms with E-state index in [1.165, 1.54) is 39.0 Å². The van der Waals surface area contributed by atoms with Gasteiger partial charge in [-0.1, -0.05) is 152 Å². The predicted octanol–water partition coefficient (Wildman–Crippen LogP) is 10.7. The molecule has 7 aromatic rings. The van der Waals surface area contributed by atoms with Gasteiger partial charge in [0.1, 0.15) is 0 Å². The van der Waals surface area contributed by atoms with E-state index < -0.39 is 5.41 Å². The van der Waals surface area contributed by atoms with Crippen LogP contribution >= 0.6 is 0 Å². The van der Waals surface area contributed by atoms with Crippen molar-refractivity contribution in [3.63, 3.8) is 0 Å². The van der Waals surface area contributed by atoms with Crippen LogP contribution in [0.5, 0.6) is 0 Å². The Morgan fingerprint density at radius 3 is 1.70 bits per heavy atom. The van der Waals surface area contributed by atoms with Crippen LogP contribution in [-0.4, -0.2) is 28.5 Å². The number of allylic oxidation sites excluding steroid dienone is 2. The van der Waals surface area contributed by atoms with E-state index in [-0.39, 0.29) is 0 Å². The number of aromatic nitrogens is 2. The fraction of sp³-hybridized carbons (Fsp3) is 0.0638. The van der Waals surface area contributed by atoms with Gasteiger partial charge in [-0.25, -0.2) is 9.97 Å². The summed E-state index contributed by atoms with van der Waals surface area (Å²) in [5.41, 5.74) is 14.8. The second kappa shape index (κ2) is 12.3. The second-order valence-corrected chi connectivity index (χ2v) is 13.1. The van der Waals surface area contributed by atoms with E-state index in [1.54, 1.807) is 0 Å². The molecule has 3 nitrogen and oxygen atoms in total. The fourth-order valence-corrected chi connectivity index (χ4v) is 7.80. The molecule has 238 valence electrons. The van der Waals surface area contributed by atoms with Gasteiger partial charge in [-0.05, 0) is 75.0 Å². The Labute approximate surface area is 293 Å². The highest BCUT2D eigenvalue weighted by atomic mass is 15.1. The van der Waals surface area contributed by atoms with Gasteiger partial charge in [0.2, 0.25) is 0 Å². The smallest absolute Gasteiger partial charge is 0.160 e. The van der Waals surface area contributed by atoms with E-state index >= 15 is 0 Å². The van der Waals surface area contributed by atoms with Gasteiger partial charge in [0.05, 0.1) is 16.8 Å². The summed E-state index contributed by atoms with van der Waals surface area (Å²) >= 11 is 0. The molecule has 6 aromatic carbocycles. The summed E-state index contributed by atoms with van der Waals surface area (Å²) in [6, 6.07) is 60.6. The Balaban J connectivity index is 1.21. The summed E-state index contributed by atoms with van der Waals surface area (Å²) in [4.78, 5) is 12.4. The molecule has 0 fully saturated rings. The van der Waals surface area contributed by atoms with Gasteiger partial charge < -0.3 is 4.90 Å². The Hall–Kier alpha value is -6.32. The van der Waals surface area contributed by atoms with Gasteiger partial charge in [0.15, 0.2) is 5.82 Å². The Kier molecular flexibility index (Phi) is 7.32. The van der Waals surface area contributed by atoms with Crippen LogP contribution in [0.2, 0.25) is 0 Å². The number of hydrogen-bond acceptors (Lipinski definition) is 3. The lowest BCUT2D eigenvalue weighted by Crippen LogP contribution is -2.30. The molecule has 0 spiro atoms. The first kappa shape index (κ1) is 29.8. The van der Waals surface area contributed by atoms with Crippen molar-refractivity contribution < 1.29 is 0 Å². The molecule has 0 bridgehead atoms. The molecule has 3 heteroatoms. The molecule has 1 aromatic heterocycles. The Morgan fingerprint density at radius 2 is 1.04 bits per heavy atom. The SMILES string of the molecule is CN1C=CC2=C(C1)c1ccc(-c3cccc(-c4cc(-c5ccccc5)nc(-c5ccccc5)n4)c3)cc1C2(c1ccccc1)c1ccccc1. The standard InChI is InChI=1S/C47H35N3/c1-50-28-27-42-41(32-50)40-26-25-36(30-43(40)47(42,38-21-10-4-11-22-38)39-23-12-5-13-24-39)35-19-14-20-37(29-35)45-31-44(33-15-6-2-7-16-33)48-46(49-45)34-17-8-3-9-18-34/h2-31H,32H2,1H3. The minimum Gasteiger partial charge on any atom is -0.376 e. The topological polar surface area (TPSA) is 29.0 Å². The van der Waals surface area contributed by atoms with Crippen LogP contribution in [0, 0.1) is 0 Å². The molecule has 0 saturated carbocycles. The average molecular weight is 642 g/mol. The summed E-state index contributed by atoms with van der Waals surface area (Å²) in [5.74, 6) is 0.718. The molecular formula is C47H35N3. The van der Waals surface area contributed by atoms with Crippen LogP contribution in [-0.2, 0) is 5.41 Å². The van der Waals surface area contributed by atoms with Crippen molar-refractivity contribution in [3.8, 4) is 45.0 Å². The predicted molar refractivity (Wildman–Crippen MR) is 205 cm³/mol. The molecule has 2 aliphatic rings. The number of rotatable bonds is 6. The molecule has 9 rings (SSSR count). The summed E-state index contributed by atoms with van der Waals surface area (Å²) in [7, 11) is 2.16. The quantitative estimate of drug-likeness (QED) is 0.181. The average Bonchev–Trinajstić information content (AvgIpc) is 3.48. The number of likely N-dealkylation sites (N-methyl/N-ethyl adjacent to an activating group) is 1. The third kappa shape index (κ3) is 4.98. The lowest BCUT2D eigenvalue weighted by molar-refractivity contribution is 0.509. The first-order chi connectivity index (χ1) is 24.7. The van der Waals surface area contributed by atoms with Crippen LogP contribution in [0.1, 0.15) is 22.3 Å². The number of fused-ring (bicyclic) bond motifs is 2. The van der Waals surface area contributed by atoms with Crippen LogP contribution < -0.4 is 0 Å². The Bertz CT molecular complexity index is 2300. The highest BCUT2D eigenvalue weighted by molar-refractivity contribution is 5.90. The van der Waals surface area contributed by atoms with Crippen LogP contribution in [0.15, 0.2) is 188 Å². The van der Waals surface area contributed by atoms with Gasteiger partial charge in [0.25, 0.3) is 0 Å². The van der Waals surface area contributed by atoms with Gasteiger partial charge in [-0.3, -0.25) is 0 Å². The minimum absolute atomic E-state index is 0.430. The molecule has 0 unspecified atom stereocenters. The molecule has 0 amide bonds. The van der Waals surface area contributed by atoms with E-state index in [0.29, 0.717) is 0 Å². The number of hydrogen-bond donors (Lipinski definition) is 0. The van der Waals surface area contributed by atoms with Gasteiger partial charge in [-0.2, -0.15) is 0 Å². The molecule has 0 radical (unpaired) electrons. The molecule has 2 heterocycles. The largest absolute Gasteiger partial charge is 0.376 e. The van der Waals surface area contributed by atoms with Gasteiger partial charge in [-0.15, -0.1) is 0 Å². The maximum Gasteiger partial charge on any atom is 0.160 e. The van der Waals surface area contributed by atoms with Gasteiger partial charge >= 0.3 is 0 Å². The van der Waals surface area contributed by atoms with E-state index in [9.17, 15) is 0 Å². The minimum atomic E-state index is -0.430. The zero-order valence-electron chi connectivity index (χ0n) is 27.9. The van der Waals surface area contributed by atoms with Crippen molar-refractivity contribution in [1.29, 1.82) is 0 Å². The third-order valence-corrected chi connectivity index (χ3v) is 10.1. The molecule has 50 heavy (non-hydrogen) atoms. The fourth-order valence-electron chi connectivity index (χ4n) is 7.80. The van der Waals surface area contributed by atoms with Crippen molar-refractivity contribution in [1.82, 2.24) is 14.9 Å². The lowest BCUT2D eigenvalue weighted by atomic mass is 9.66. The molecule has 0 atom stereocenters. The van der Waals surface area contributed by atoms with Crippen molar-refractivity contribution in [3.05, 3.63) is 210 Å². The third-order valence-electron chi connectivity index (χ3n) is 10.1. The van der Waals surface area contributed by atoms with Crippen molar-refractivity contribution in [2.75, 3.05) is 13.6 Å². The first-order valence-electron chi connectivity index (χ1n) is 17.2. The van der Waals surface area contributed by atoms with Gasteiger partial charge in [0, 0.05) is 30.3 Å². The highest BCUT2D eigenvalue weighted by Crippen LogP contribution is 2.56. The Morgan fingerprint density at radius 1 is 0.500 bits per heavy atom. The van der Waals surface area contributed by atoms with Crippen molar-refractivity contribution in [2.45, 2.75) is 5.41 Å². The number of benzene rings is 6. The highest BCUT2D eigenvalue weighted by Gasteiger charge is 2.47. The van der Waals surface area contributed by atoms with Crippen LogP contribution in [0.4, 0.5) is 0 Å².